The standard InChI is InChI=1S/C25H34N6O3/c1-6-8-19(24(33)27-4)21-12-10-17-14-28-25(30-31(17)21)29-20-11-9-16(13-23(20)34-5)18(7-2)22(32)15-26-3/h8-14,18,22,26,32H,6-7,15H2,1-5H3,(H,27,33)(H,29,30)/b19-8-/t18-,22-/m0/s1. The molecule has 1 aromatic carbocycles. The Labute approximate surface area is 200 Å². The number of benzene rings is 1. The molecular formula is C25H34N6O3. The number of aromatic nitrogens is 3. The number of allylic oxidation sites excluding steroid dienone is 1. The summed E-state index contributed by atoms with van der Waals surface area (Å²) in [5.74, 6) is 0.809. The maximum Gasteiger partial charge on any atom is 0.252 e. The highest BCUT2D eigenvalue weighted by atomic mass is 16.5. The van der Waals surface area contributed by atoms with Crippen LogP contribution in [0.2, 0.25) is 0 Å². The van der Waals surface area contributed by atoms with Crippen LogP contribution in [-0.4, -0.2) is 59.5 Å². The van der Waals surface area contributed by atoms with Gasteiger partial charge in [0.25, 0.3) is 5.91 Å². The van der Waals surface area contributed by atoms with Gasteiger partial charge in [0.15, 0.2) is 0 Å². The molecule has 0 unspecified atom stereocenters. The molecule has 9 nitrogen and oxygen atoms in total. The van der Waals surface area contributed by atoms with Gasteiger partial charge in [0.1, 0.15) is 5.75 Å². The third-order valence-corrected chi connectivity index (χ3v) is 5.77. The lowest BCUT2D eigenvalue weighted by Gasteiger charge is -2.23. The van der Waals surface area contributed by atoms with Crippen molar-refractivity contribution in [3.05, 3.63) is 53.9 Å². The van der Waals surface area contributed by atoms with E-state index in [4.69, 9.17) is 4.74 Å². The van der Waals surface area contributed by atoms with Crippen molar-refractivity contribution in [2.75, 3.05) is 33.1 Å². The van der Waals surface area contributed by atoms with Crippen molar-refractivity contribution in [3.8, 4) is 5.75 Å². The van der Waals surface area contributed by atoms with E-state index in [2.05, 4.69) is 33.0 Å². The summed E-state index contributed by atoms with van der Waals surface area (Å²) in [6.07, 6.45) is 4.60. The molecule has 3 aromatic rings. The van der Waals surface area contributed by atoms with Crippen LogP contribution in [0.4, 0.5) is 11.6 Å². The number of ether oxygens (including phenoxy) is 1. The molecule has 9 heteroatoms. The minimum Gasteiger partial charge on any atom is -0.495 e. The number of carbonyl (C=O) groups excluding carboxylic acids is 1. The average molecular weight is 467 g/mol. The van der Waals surface area contributed by atoms with Gasteiger partial charge < -0.3 is 25.8 Å². The Morgan fingerprint density at radius 3 is 2.68 bits per heavy atom. The van der Waals surface area contributed by atoms with Gasteiger partial charge in [-0.15, -0.1) is 5.10 Å². The number of hydrogen-bond donors (Lipinski definition) is 4. The van der Waals surface area contributed by atoms with E-state index in [1.165, 1.54) is 0 Å². The molecule has 0 spiro atoms. The summed E-state index contributed by atoms with van der Waals surface area (Å²) in [6.45, 7) is 4.55. The summed E-state index contributed by atoms with van der Waals surface area (Å²) < 4.78 is 7.32. The molecule has 0 fully saturated rings. The lowest BCUT2D eigenvalue weighted by molar-refractivity contribution is -0.115. The molecule has 2 atom stereocenters. The molecule has 0 aliphatic heterocycles. The predicted molar refractivity (Wildman–Crippen MR) is 135 cm³/mol. The first-order valence-corrected chi connectivity index (χ1v) is 11.5. The highest BCUT2D eigenvalue weighted by Crippen LogP contribution is 2.33. The number of likely N-dealkylation sites (N-methyl/N-ethyl adjacent to an activating group) is 2. The smallest absolute Gasteiger partial charge is 0.252 e. The van der Waals surface area contributed by atoms with Crippen LogP contribution in [0.1, 0.15) is 43.9 Å². The zero-order chi connectivity index (χ0) is 24.7. The first kappa shape index (κ1) is 25.2. The third-order valence-electron chi connectivity index (χ3n) is 5.77. The van der Waals surface area contributed by atoms with Gasteiger partial charge in [-0.25, -0.2) is 9.50 Å². The van der Waals surface area contributed by atoms with Gasteiger partial charge in [0.05, 0.1) is 41.9 Å². The summed E-state index contributed by atoms with van der Waals surface area (Å²) in [5.41, 5.74) is 3.72. The van der Waals surface area contributed by atoms with Crippen molar-refractivity contribution in [2.45, 2.75) is 38.7 Å². The van der Waals surface area contributed by atoms with E-state index in [9.17, 15) is 9.90 Å². The van der Waals surface area contributed by atoms with Crippen molar-refractivity contribution >= 4 is 28.6 Å². The van der Waals surface area contributed by atoms with Gasteiger partial charge in [-0.2, -0.15) is 0 Å². The molecular weight excluding hydrogens is 432 g/mol. The number of nitrogens with zero attached hydrogens (tertiary/aromatic N) is 3. The highest BCUT2D eigenvalue weighted by molar-refractivity contribution is 6.19. The first-order chi connectivity index (χ1) is 16.5. The van der Waals surface area contributed by atoms with Gasteiger partial charge in [0, 0.05) is 19.5 Å². The second kappa shape index (κ2) is 11.6. The van der Waals surface area contributed by atoms with Crippen molar-refractivity contribution in [1.29, 1.82) is 0 Å². The molecule has 34 heavy (non-hydrogen) atoms. The van der Waals surface area contributed by atoms with Crippen LogP contribution in [0.5, 0.6) is 5.75 Å². The van der Waals surface area contributed by atoms with Crippen LogP contribution in [0.25, 0.3) is 11.1 Å². The fourth-order valence-electron chi connectivity index (χ4n) is 4.06. The van der Waals surface area contributed by atoms with Gasteiger partial charge >= 0.3 is 0 Å². The normalized spacial score (nSPS) is 13.5. The molecule has 1 amide bonds. The Balaban J connectivity index is 1.94. The molecule has 2 aromatic heterocycles. The molecule has 182 valence electrons. The van der Waals surface area contributed by atoms with Crippen LogP contribution < -0.4 is 20.7 Å². The summed E-state index contributed by atoms with van der Waals surface area (Å²) >= 11 is 0. The van der Waals surface area contributed by atoms with E-state index < -0.39 is 6.10 Å². The van der Waals surface area contributed by atoms with E-state index in [1.54, 1.807) is 24.9 Å². The number of fused-ring (bicyclic) bond motifs is 1. The largest absolute Gasteiger partial charge is 0.495 e. The van der Waals surface area contributed by atoms with Crippen molar-refractivity contribution in [1.82, 2.24) is 25.2 Å². The van der Waals surface area contributed by atoms with Crippen molar-refractivity contribution in [2.24, 2.45) is 0 Å². The number of aliphatic hydroxyl groups is 1. The first-order valence-electron chi connectivity index (χ1n) is 11.5. The second-order valence-corrected chi connectivity index (χ2v) is 7.97. The number of hydrogen-bond acceptors (Lipinski definition) is 7. The predicted octanol–water partition coefficient (Wildman–Crippen LogP) is 3.09. The van der Waals surface area contributed by atoms with E-state index in [0.29, 0.717) is 35.2 Å². The van der Waals surface area contributed by atoms with Gasteiger partial charge in [-0.05, 0) is 49.7 Å². The molecule has 0 saturated heterocycles. The van der Waals surface area contributed by atoms with Crippen LogP contribution >= 0.6 is 0 Å². The minimum absolute atomic E-state index is 0.0149. The van der Waals surface area contributed by atoms with E-state index in [1.807, 2.05) is 50.4 Å². The van der Waals surface area contributed by atoms with Crippen molar-refractivity contribution < 1.29 is 14.6 Å². The van der Waals surface area contributed by atoms with Crippen molar-refractivity contribution in [3.63, 3.8) is 0 Å². The Hall–Kier alpha value is -3.43. The summed E-state index contributed by atoms with van der Waals surface area (Å²) in [7, 11) is 5.04. The number of aliphatic hydroxyl groups excluding tert-OH is 1. The molecule has 0 aliphatic rings. The Morgan fingerprint density at radius 2 is 2.03 bits per heavy atom. The Kier molecular flexibility index (Phi) is 8.61. The zero-order valence-electron chi connectivity index (χ0n) is 20.4. The molecule has 3 rings (SSSR count). The van der Waals surface area contributed by atoms with Crippen LogP contribution in [-0.2, 0) is 4.79 Å². The topological polar surface area (TPSA) is 113 Å². The number of rotatable bonds is 11. The Morgan fingerprint density at radius 1 is 1.24 bits per heavy atom. The van der Waals surface area contributed by atoms with Gasteiger partial charge in [0.2, 0.25) is 5.95 Å². The van der Waals surface area contributed by atoms with E-state index in [0.717, 1.165) is 23.9 Å². The molecule has 0 saturated carbocycles. The third kappa shape index (κ3) is 5.37. The fourth-order valence-corrected chi connectivity index (χ4v) is 4.06. The van der Waals surface area contributed by atoms with E-state index in [-0.39, 0.29) is 11.8 Å². The maximum atomic E-state index is 12.4. The average Bonchev–Trinajstić information content (AvgIpc) is 3.26. The van der Waals surface area contributed by atoms with Gasteiger partial charge in [-0.3, -0.25) is 4.79 Å². The van der Waals surface area contributed by atoms with Crippen LogP contribution in [0.3, 0.4) is 0 Å². The van der Waals surface area contributed by atoms with Gasteiger partial charge in [-0.1, -0.05) is 26.0 Å². The molecule has 0 bridgehead atoms. The maximum absolute atomic E-state index is 12.4. The van der Waals surface area contributed by atoms with E-state index >= 15 is 0 Å². The second-order valence-electron chi connectivity index (χ2n) is 7.97. The SMILES string of the molecule is CC/C=C(\C(=O)NC)c1ccc2cnc(Nc3ccc([C@H](CC)[C@@H](O)CNC)cc3OC)nn12. The number of amides is 1. The number of anilines is 2. The molecule has 0 radical (unpaired) electrons. The Bertz CT molecular complexity index is 1160. The highest BCUT2D eigenvalue weighted by Gasteiger charge is 2.21. The fraction of sp³-hybridized carbons (Fsp3) is 0.400. The minimum atomic E-state index is -0.498. The summed E-state index contributed by atoms with van der Waals surface area (Å²) in [4.78, 5) is 16.8. The van der Waals surface area contributed by atoms with Crippen LogP contribution in [0.15, 0.2) is 42.6 Å². The quantitative estimate of drug-likeness (QED) is 0.321. The summed E-state index contributed by atoms with van der Waals surface area (Å²) in [5, 5.41) is 24.1. The molecule has 0 aliphatic carbocycles. The zero-order valence-corrected chi connectivity index (χ0v) is 20.4. The molecule has 4 N–H and O–H groups in total. The number of methoxy groups -OCH3 is 1. The lowest BCUT2D eigenvalue weighted by atomic mass is 9.90. The lowest BCUT2D eigenvalue weighted by Crippen LogP contribution is -2.29. The number of carbonyl (C=O) groups is 1. The summed E-state index contributed by atoms with van der Waals surface area (Å²) in [6, 6.07) is 9.55. The number of nitrogens with one attached hydrogen (secondary N) is 3. The molecule has 2 heterocycles. The van der Waals surface area contributed by atoms with Crippen LogP contribution in [0, 0.1) is 0 Å². The monoisotopic (exact) mass is 466 g/mol.